The maximum absolute atomic E-state index is 13.2. The van der Waals surface area contributed by atoms with Crippen molar-refractivity contribution >= 4 is 5.97 Å². The molecule has 0 bridgehead atoms. The minimum absolute atomic E-state index is 0.283. The molecule has 2 atom stereocenters. The fourth-order valence-electron chi connectivity index (χ4n) is 3.98. The highest BCUT2D eigenvalue weighted by atomic mass is 16.5. The quantitative estimate of drug-likeness (QED) is 0.571. The molecule has 0 radical (unpaired) electrons. The summed E-state index contributed by atoms with van der Waals surface area (Å²) in [7, 11) is 0. The molecule has 140 valence electrons. The summed E-state index contributed by atoms with van der Waals surface area (Å²) in [5, 5.41) is 9.40. The Bertz CT molecular complexity index is 916. The Morgan fingerprint density at radius 1 is 0.857 bits per heavy atom. The standard InChI is InChI=1S/C24H22N2O2/c1-2-28-23(27)21-22(18-12-6-3-7-13-18)25-26-24(21,19-14-8-4-9-15-19)20-16-10-5-11-17-20/h3-17,21-22H,2H2,1H3. The van der Waals surface area contributed by atoms with E-state index in [1.165, 1.54) is 0 Å². The molecule has 0 saturated carbocycles. The van der Waals surface area contributed by atoms with Crippen LogP contribution in [0, 0.1) is 5.92 Å². The van der Waals surface area contributed by atoms with Gasteiger partial charge in [0.05, 0.1) is 6.61 Å². The number of esters is 1. The third-order valence-corrected chi connectivity index (χ3v) is 5.22. The van der Waals surface area contributed by atoms with Gasteiger partial charge in [0.2, 0.25) is 0 Å². The van der Waals surface area contributed by atoms with Crippen molar-refractivity contribution in [2.75, 3.05) is 6.61 Å². The first-order chi connectivity index (χ1) is 13.8. The third kappa shape index (κ3) is 3.01. The third-order valence-electron chi connectivity index (χ3n) is 5.22. The minimum atomic E-state index is -0.921. The zero-order chi connectivity index (χ0) is 19.4. The van der Waals surface area contributed by atoms with Gasteiger partial charge < -0.3 is 4.74 Å². The molecule has 0 spiro atoms. The van der Waals surface area contributed by atoms with E-state index in [1.807, 2.05) is 97.9 Å². The van der Waals surface area contributed by atoms with E-state index in [4.69, 9.17) is 9.85 Å². The van der Waals surface area contributed by atoms with Crippen molar-refractivity contribution in [1.29, 1.82) is 0 Å². The van der Waals surface area contributed by atoms with Gasteiger partial charge in [-0.2, -0.15) is 10.2 Å². The summed E-state index contributed by atoms with van der Waals surface area (Å²) < 4.78 is 5.52. The predicted molar refractivity (Wildman–Crippen MR) is 108 cm³/mol. The molecule has 0 amide bonds. The van der Waals surface area contributed by atoms with Gasteiger partial charge in [-0.1, -0.05) is 91.0 Å². The van der Waals surface area contributed by atoms with E-state index in [0.29, 0.717) is 6.61 Å². The smallest absolute Gasteiger partial charge is 0.314 e. The Hall–Kier alpha value is -3.27. The second-order valence-electron chi connectivity index (χ2n) is 6.80. The van der Waals surface area contributed by atoms with Gasteiger partial charge >= 0.3 is 5.97 Å². The molecule has 4 nitrogen and oxygen atoms in total. The number of hydrogen-bond acceptors (Lipinski definition) is 4. The summed E-state index contributed by atoms with van der Waals surface area (Å²) in [4.78, 5) is 13.2. The lowest BCUT2D eigenvalue weighted by Crippen LogP contribution is -2.40. The number of carbonyl (C=O) groups is 1. The molecule has 28 heavy (non-hydrogen) atoms. The van der Waals surface area contributed by atoms with Crippen LogP contribution in [0.3, 0.4) is 0 Å². The van der Waals surface area contributed by atoms with Gasteiger partial charge in [0, 0.05) is 0 Å². The van der Waals surface area contributed by atoms with Gasteiger partial charge in [-0.05, 0) is 23.6 Å². The van der Waals surface area contributed by atoms with Crippen molar-refractivity contribution in [2.45, 2.75) is 18.5 Å². The number of azo groups is 1. The van der Waals surface area contributed by atoms with Crippen molar-refractivity contribution in [1.82, 2.24) is 0 Å². The van der Waals surface area contributed by atoms with Gasteiger partial charge in [-0.15, -0.1) is 0 Å². The van der Waals surface area contributed by atoms with Crippen molar-refractivity contribution in [3.8, 4) is 0 Å². The molecule has 1 aliphatic rings. The van der Waals surface area contributed by atoms with Crippen LogP contribution in [-0.2, 0) is 15.1 Å². The molecule has 0 aromatic heterocycles. The fraction of sp³-hybridized carbons (Fsp3) is 0.208. The van der Waals surface area contributed by atoms with Crippen molar-refractivity contribution in [2.24, 2.45) is 16.1 Å². The lowest BCUT2D eigenvalue weighted by Gasteiger charge is -2.33. The first-order valence-electron chi connectivity index (χ1n) is 9.52. The van der Waals surface area contributed by atoms with E-state index >= 15 is 0 Å². The Kier molecular flexibility index (Phi) is 5.02. The molecule has 0 saturated heterocycles. The second-order valence-corrected chi connectivity index (χ2v) is 6.80. The highest BCUT2D eigenvalue weighted by molar-refractivity contribution is 5.78. The summed E-state index contributed by atoms with van der Waals surface area (Å²) in [5.41, 5.74) is 1.90. The van der Waals surface area contributed by atoms with Gasteiger partial charge in [-0.25, -0.2) is 0 Å². The van der Waals surface area contributed by atoms with Crippen LogP contribution in [0.25, 0.3) is 0 Å². The predicted octanol–water partition coefficient (Wildman–Crippen LogP) is 5.32. The highest BCUT2D eigenvalue weighted by Crippen LogP contribution is 2.53. The molecular formula is C24H22N2O2. The zero-order valence-corrected chi connectivity index (χ0v) is 15.7. The Morgan fingerprint density at radius 3 is 1.86 bits per heavy atom. The summed E-state index contributed by atoms with van der Waals surface area (Å²) in [6.45, 7) is 2.14. The molecule has 4 rings (SSSR count). The number of carbonyl (C=O) groups excluding carboxylic acids is 1. The Morgan fingerprint density at radius 2 is 1.36 bits per heavy atom. The van der Waals surface area contributed by atoms with E-state index in [0.717, 1.165) is 16.7 Å². The molecule has 3 aromatic rings. The van der Waals surface area contributed by atoms with Gasteiger partial charge in [0.1, 0.15) is 17.5 Å². The molecule has 0 fully saturated rings. The monoisotopic (exact) mass is 370 g/mol. The minimum Gasteiger partial charge on any atom is -0.466 e. The van der Waals surface area contributed by atoms with Gasteiger partial charge in [0.25, 0.3) is 0 Å². The zero-order valence-electron chi connectivity index (χ0n) is 15.7. The number of hydrogen-bond donors (Lipinski definition) is 0. The van der Waals surface area contributed by atoms with Crippen LogP contribution >= 0.6 is 0 Å². The number of rotatable bonds is 5. The van der Waals surface area contributed by atoms with Gasteiger partial charge in [0.15, 0.2) is 0 Å². The maximum Gasteiger partial charge on any atom is 0.314 e. The number of ether oxygens (including phenoxy) is 1. The Balaban J connectivity index is 1.93. The summed E-state index contributed by atoms with van der Waals surface area (Å²) >= 11 is 0. The molecule has 1 aliphatic heterocycles. The summed E-state index contributed by atoms with van der Waals surface area (Å²) in [6.07, 6.45) is 0. The van der Waals surface area contributed by atoms with E-state index < -0.39 is 17.5 Å². The molecule has 0 N–H and O–H groups in total. The molecule has 2 unspecified atom stereocenters. The normalized spacial score (nSPS) is 20.0. The second kappa shape index (κ2) is 7.77. The lowest BCUT2D eigenvalue weighted by atomic mass is 9.70. The van der Waals surface area contributed by atoms with Crippen LogP contribution in [0.4, 0.5) is 0 Å². The van der Waals surface area contributed by atoms with E-state index in [-0.39, 0.29) is 5.97 Å². The van der Waals surface area contributed by atoms with Crippen molar-refractivity contribution < 1.29 is 9.53 Å². The van der Waals surface area contributed by atoms with Crippen LogP contribution < -0.4 is 0 Å². The van der Waals surface area contributed by atoms with Crippen LogP contribution in [0.1, 0.15) is 29.7 Å². The maximum atomic E-state index is 13.2. The largest absolute Gasteiger partial charge is 0.466 e. The first kappa shape index (κ1) is 18.1. The van der Waals surface area contributed by atoms with Crippen molar-refractivity contribution in [3.63, 3.8) is 0 Å². The molecule has 1 heterocycles. The summed E-state index contributed by atoms with van der Waals surface area (Å²) in [6, 6.07) is 29.2. The number of benzene rings is 3. The topological polar surface area (TPSA) is 51.0 Å². The highest BCUT2D eigenvalue weighted by Gasteiger charge is 2.55. The van der Waals surface area contributed by atoms with E-state index in [2.05, 4.69) is 5.11 Å². The number of nitrogens with zero attached hydrogens (tertiary/aromatic N) is 2. The van der Waals surface area contributed by atoms with Crippen LogP contribution in [0.2, 0.25) is 0 Å². The SMILES string of the molecule is CCOC(=O)C1C(c2ccccc2)N=NC1(c1ccccc1)c1ccccc1. The summed E-state index contributed by atoms with van der Waals surface area (Å²) in [5.74, 6) is -0.867. The van der Waals surface area contributed by atoms with E-state index in [1.54, 1.807) is 0 Å². The molecular weight excluding hydrogens is 348 g/mol. The lowest BCUT2D eigenvalue weighted by molar-refractivity contribution is -0.150. The molecule has 3 aromatic carbocycles. The van der Waals surface area contributed by atoms with Gasteiger partial charge in [-0.3, -0.25) is 4.79 Å². The van der Waals surface area contributed by atoms with Crippen LogP contribution in [0.5, 0.6) is 0 Å². The molecule has 4 heteroatoms. The Labute approximate surface area is 164 Å². The average Bonchev–Trinajstić information content (AvgIpc) is 3.17. The molecule has 0 aliphatic carbocycles. The van der Waals surface area contributed by atoms with Crippen LogP contribution in [0.15, 0.2) is 101 Å². The average molecular weight is 370 g/mol. The van der Waals surface area contributed by atoms with E-state index in [9.17, 15) is 4.79 Å². The van der Waals surface area contributed by atoms with Crippen molar-refractivity contribution in [3.05, 3.63) is 108 Å². The van der Waals surface area contributed by atoms with Crippen LogP contribution in [-0.4, -0.2) is 12.6 Å². The first-order valence-corrected chi connectivity index (χ1v) is 9.52. The fourth-order valence-corrected chi connectivity index (χ4v) is 3.98.